The highest BCUT2D eigenvalue weighted by Crippen LogP contribution is 2.46. The van der Waals surface area contributed by atoms with Crippen molar-refractivity contribution in [3.8, 4) is 17.2 Å². The Hall–Kier alpha value is -3.00. The number of anilines is 2. The fourth-order valence-corrected chi connectivity index (χ4v) is 4.10. The molecule has 0 unspecified atom stereocenters. The van der Waals surface area contributed by atoms with Gasteiger partial charge in [0.2, 0.25) is 11.0 Å². The molecule has 0 spiro atoms. The van der Waals surface area contributed by atoms with Crippen molar-refractivity contribution in [3.05, 3.63) is 35.4 Å². The molecule has 1 aliphatic heterocycles. The van der Waals surface area contributed by atoms with Gasteiger partial charge in [0.25, 0.3) is 0 Å². The second kappa shape index (κ2) is 8.39. The van der Waals surface area contributed by atoms with E-state index < -0.39 is 0 Å². The van der Waals surface area contributed by atoms with E-state index in [2.05, 4.69) is 24.8 Å². The van der Waals surface area contributed by atoms with Crippen molar-refractivity contribution in [1.82, 2.24) is 15.0 Å². The summed E-state index contributed by atoms with van der Waals surface area (Å²) in [5.41, 5.74) is 2.70. The zero-order valence-corrected chi connectivity index (χ0v) is 18.2. The number of halogens is 1. The first kappa shape index (κ1) is 20.3. The zero-order chi connectivity index (χ0) is 21.3. The molecule has 4 rings (SSSR count). The van der Waals surface area contributed by atoms with E-state index in [1.54, 1.807) is 21.3 Å². The Balaban J connectivity index is 1.67. The summed E-state index contributed by atoms with van der Waals surface area (Å²) < 4.78 is 16.8. The van der Waals surface area contributed by atoms with Gasteiger partial charge in [-0.15, -0.1) is 0 Å². The van der Waals surface area contributed by atoms with Crippen LogP contribution in [0.1, 0.15) is 5.69 Å². The van der Waals surface area contributed by atoms with Crippen LogP contribution < -0.4 is 24.0 Å². The van der Waals surface area contributed by atoms with Crippen molar-refractivity contribution in [2.45, 2.75) is 6.92 Å². The Kier molecular flexibility index (Phi) is 5.67. The van der Waals surface area contributed by atoms with Crippen LogP contribution in [0.25, 0.3) is 10.9 Å². The van der Waals surface area contributed by atoms with Crippen molar-refractivity contribution >= 4 is 34.0 Å². The molecule has 3 aromatic rings. The van der Waals surface area contributed by atoms with Crippen LogP contribution in [-0.2, 0) is 0 Å². The Morgan fingerprint density at radius 1 is 0.900 bits per heavy atom. The van der Waals surface area contributed by atoms with Crippen molar-refractivity contribution in [1.29, 1.82) is 0 Å². The molecule has 0 atom stereocenters. The topological polar surface area (TPSA) is 72.8 Å². The lowest BCUT2D eigenvalue weighted by Crippen LogP contribution is -2.47. The van der Waals surface area contributed by atoms with E-state index in [1.807, 2.05) is 31.3 Å². The second-order valence-corrected chi connectivity index (χ2v) is 7.32. The van der Waals surface area contributed by atoms with Gasteiger partial charge in [0.15, 0.2) is 11.5 Å². The lowest BCUT2D eigenvalue weighted by Gasteiger charge is -2.37. The minimum absolute atomic E-state index is 0.276. The van der Waals surface area contributed by atoms with Crippen molar-refractivity contribution in [3.63, 3.8) is 0 Å². The molecule has 30 heavy (non-hydrogen) atoms. The van der Waals surface area contributed by atoms with E-state index in [1.165, 1.54) is 0 Å². The van der Waals surface area contributed by atoms with Gasteiger partial charge in [-0.25, -0.2) is 9.97 Å². The van der Waals surface area contributed by atoms with Gasteiger partial charge >= 0.3 is 0 Å². The zero-order valence-electron chi connectivity index (χ0n) is 17.5. The van der Waals surface area contributed by atoms with E-state index >= 15 is 0 Å². The monoisotopic (exact) mass is 429 g/mol. The molecule has 2 aromatic heterocycles. The number of aryl methyl sites for hydroxylation is 1. The van der Waals surface area contributed by atoms with Crippen LogP contribution in [0.3, 0.4) is 0 Å². The lowest BCUT2D eigenvalue weighted by molar-refractivity contribution is 0.327. The highest BCUT2D eigenvalue weighted by atomic mass is 35.5. The Morgan fingerprint density at radius 3 is 2.23 bits per heavy atom. The lowest BCUT2D eigenvalue weighted by atomic mass is 10.1. The smallest absolute Gasteiger partial charge is 0.224 e. The number of methoxy groups -OCH3 is 3. The summed E-state index contributed by atoms with van der Waals surface area (Å²) in [7, 11) is 4.84. The van der Waals surface area contributed by atoms with Crippen LogP contribution >= 0.6 is 11.6 Å². The van der Waals surface area contributed by atoms with Crippen molar-refractivity contribution in [2.75, 3.05) is 57.3 Å². The quantitative estimate of drug-likeness (QED) is 0.572. The summed E-state index contributed by atoms with van der Waals surface area (Å²) in [5, 5.41) is 1.19. The van der Waals surface area contributed by atoms with Gasteiger partial charge in [-0.05, 0) is 24.6 Å². The molecule has 1 aliphatic rings. The molecule has 3 heterocycles. The molecule has 1 fully saturated rings. The van der Waals surface area contributed by atoms with E-state index in [9.17, 15) is 0 Å². The van der Waals surface area contributed by atoms with Crippen LogP contribution in [0, 0.1) is 6.92 Å². The first-order valence-corrected chi connectivity index (χ1v) is 10.0. The van der Waals surface area contributed by atoms with E-state index in [-0.39, 0.29) is 5.28 Å². The Morgan fingerprint density at radius 2 is 1.60 bits per heavy atom. The first-order valence-electron chi connectivity index (χ1n) is 9.64. The standard InChI is InChI=1S/C21H24ClN5O3/c1-13-11-17(25-21(22)24-13)27-9-7-26(8-10-27)15-5-6-23-14-12-16(28-2)19(29-3)20(30-4)18(14)15/h5-6,11-12H,7-10H2,1-4H3. The van der Waals surface area contributed by atoms with Crippen molar-refractivity contribution in [2.24, 2.45) is 0 Å². The number of rotatable bonds is 5. The number of hydrogen-bond acceptors (Lipinski definition) is 8. The largest absolute Gasteiger partial charge is 0.493 e. The Bertz CT molecular complexity index is 1050. The molecule has 0 saturated carbocycles. The summed E-state index contributed by atoms with van der Waals surface area (Å²) >= 11 is 6.04. The van der Waals surface area contributed by atoms with Gasteiger partial charge in [0, 0.05) is 50.2 Å². The van der Waals surface area contributed by atoms with Crippen LogP contribution in [0.4, 0.5) is 11.5 Å². The number of pyridine rings is 1. The maximum absolute atomic E-state index is 6.04. The highest BCUT2D eigenvalue weighted by Gasteiger charge is 2.24. The third-order valence-corrected chi connectivity index (χ3v) is 5.44. The minimum atomic E-state index is 0.276. The molecule has 0 bridgehead atoms. The summed E-state index contributed by atoms with van der Waals surface area (Å²) in [4.78, 5) is 17.6. The summed E-state index contributed by atoms with van der Waals surface area (Å²) in [6.07, 6.45) is 1.81. The molecule has 8 nitrogen and oxygen atoms in total. The molecule has 0 radical (unpaired) electrons. The number of nitrogens with zero attached hydrogens (tertiary/aromatic N) is 5. The fourth-order valence-electron chi connectivity index (χ4n) is 3.88. The molecule has 9 heteroatoms. The molecule has 1 saturated heterocycles. The SMILES string of the molecule is COc1cc2nccc(N3CCN(c4cc(C)nc(Cl)n4)CC3)c2c(OC)c1OC. The third kappa shape index (κ3) is 3.63. The van der Waals surface area contributed by atoms with Crippen LogP contribution in [0.15, 0.2) is 24.4 Å². The van der Waals surface area contributed by atoms with Crippen molar-refractivity contribution < 1.29 is 14.2 Å². The van der Waals surface area contributed by atoms with E-state index in [4.69, 9.17) is 25.8 Å². The number of ether oxygens (including phenoxy) is 3. The van der Waals surface area contributed by atoms with Gasteiger partial charge in [-0.2, -0.15) is 0 Å². The predicted octanol–water partition coefficient (Wildman–Crippen LogP) is 3.34. The molecule has 0 N–H and O–H groups in total. The predicted molar refractivity (Wildman–Crippen MR) is 118 cm³/mol. The maximum atomic E-state index is 6.04. The van der Waals surface area contributed by atoms with Gasteiger partial charge in [-0.1, -0.05) is 0 Å². The van der Waals surface area contributed by atoms with Crippen LogP contribution in [0.5, 0.6) is 17.2 Å². The Labute approximate surface area is 180 Å². The average molecular weight is 430 g/mol. The number of aromatic nitrogens is 3. The third-order valence-electron chi connectivity index (χ3n) is 5.27. The van der Waals surface area contributed by atoms with Gasteiger partial charge in [0.05, 0.1) is 37.9 Å². The number of hydrogen-bond donors (Lipinski definition) is 0. The molecular weight excluding hydrogens is 406 g/mol. The fraction of sp³-hybridized carbons (Fsp3) is 0.381. The number of fused-ring (bicyclic) bond motifs is 1. The summed E-state index contributed by atoms with van der Waals surface area (Å²) in [5.74, 6) is 2.63. The first-order chi connectivity index (χ1) is 14.5. The van der Waals surface area contributed by atoms with E-state index in [0.29, 0.717) is 17.2 Å². The van der Waals surface area contributed by atoms with Crippen LogP contribution in [-0.4, -0.2) is 62.5 Å². The second-order valence-electron chi connectivity index (χ2n) is 6.98. The number of piperazine rings is 1. The molecule has 158 valence electrons. The molecule has 1 aromatic carbocycles. The highest BCUT2D eigenvalue weighted by molar-refractivity contribution is 6.28. The summed E-state index contributed by atoms with van der Waals surface area (Å²) in [6, 6.07) is 5.85. The average Bonchev–Trinajstić information content (AvgIpc) is 2.76. The van der Waals surface area contributed by atoms with Crippen LogP contribution in [0.2, 0.25) is 5.28 Å². The maximum Gasteiger partial charge on any atom is 0.224 e. The van der Waals surface area contributed by atoms with Gasteiger partial charge in [0.1, 0.15) is 5.82 Å². The van der Waals surface area contributed by atoms with Gasteiger partial charge in [-0.3, -0.25) is 4.98 Å². The molecule has 0 amide bonds. The normalized spacial score (nSPS) is 14.2. The van der Waals surface area contributed by atoms with Gasteiger partial charge < -0.3 is 24.0 Å². The minimum Gasteiger partial charge on any atom is -0.493 e. The molecule has 0 aliphatic carbocycles. The number of benzene rings is 1. The van der Waals surface area contributed by atoms with E-state index in [0.717, 1.165) is 54.3 Å². The molecular formula is C21H24ClN5O3. The summed E-state index contributed by atoms with van der Waals surface area (Å²) in [6.45, 7) is 5.18.